The minimum atomic E-state index is -3.81. The van der Waals surface area contributed by atoms with Crippen molar-refractivity contribution in [2.24, 2.45) is 0 Å². The van der Waals surface area contributed by atoms with E-state index in [1.54, 1.807) is 0 Å². The molecule has 2 aromatic heterocycles. The Morgan fingerprint density at radius 3 is 2.53 bits per heavy atom. The Balaban J connectivity index is 1.54. The van der Waals surface area contributed by atoms with Gasteiger partial charge in [0.25, 0.3) is 10.0 Å². The Morgan fingerprint density at radius 1 is 1.12 bits per heavy atom. The molecule has 0 aliphatic rings. The Kier molecular flexibility index (Phi) is 6.61. The van der Waals surface area contributed by atoms with E-state index in [1.807, 2.05) is 54.6 Å². The average Bonchev–Trinajstić information content (AvgIpc) is 3.40. The highest BCUT2D eigenvalue weighted by molar-refractivity contribution is 7.91. The molecule has 2 N–H and O–H groups in total. The van der Waals surface area contributed by atoms with Crippen LogP contribution in [0.15, 0.2) is 70.9 Å². The van der Waals surface area contributed by atoms with Gasteiger partial charge in [0, 0.05) is 7.05 Å². The van der Waals surface area contributed by atoms with Gasteiger partial charge in [0.2, 0.25) is 5.91 Å². The van der Waals surface area contributed by atoms with E-state index in [4.69, 9.17) is 11.6 Å². The molecule has 7 nitrogen and oxygen atoms in total. The molecule has 0 fully saturated rings. The van der Waals surface area contributed by atoms with Crippen molar-refractivity contribution in [3.63, 3.8) is 0 Å². The molecule has 1 atom stereocenters. The first-order valence-electron chi connectivity index (χ1n) is 9.82. The molecule has 32 heavy (non-hydrogen) atoms. The molecule has 0 aliphatic carbocycles. The summed E-state index contributed by atoms with van der Waals surface area (Å²) in [6.07, 6.45) is 0.503. The molecule has 0 radical (unpaired) electrons. The second-order valence-corrected chi connectivity index (χ2v) is 11.3. The zero-order valence-electron chi connectivity index (χ0n) is 17.2. The first kappa shape index (κ1) is 22.5. The minimum absolute atomic E-state index is 0.0934. The van der Waals surface area contributed by atoms with Crippen molar-refractivity contribution < 1.29 is 13.2 Å². The number of halogens is 1. The number of aromatic amines is 1. The zero-order chi connectivity index (χ0) is 22.7. The maximum Gasteiger partial charge on any atom is 0.252 e. The summed E-state index contributed by atoms with van der Waals surface area (Å²) >= 11 is 6.82. The number of para-hydroxylation sites is 2. The highest BCUT2D eigenvalue weighted by Crippen LogP contribution is 2.27. The topological polar surface area (TPSA) is 95.2 Å². The van der Waals surface area contributed by atoms with Gasteiger partial charge in [-0.3, -0.25) is 4.79 Å². The van der Waals surface area contributed by atoms with E-state index >= 15 is 0 Å². The van der Waals surface area contributed by atoms with E-state index < -0.39 is 22.0 Å². The molecule has 2 heterocycles. The third-order valence-electron chi connectivity index (χ3n) is 4.94. The molecule has 166 valence electrons. The Hall–Kier alpha value is -2.72. The number of carbonyl (C=O) groups excluding carboxylic acids is 1. The standard InChI is InChI=1S/C22H21ClN4O3S2/c1-27(32(29,30)21-12-11-19(23)31-21)14-20(28)24-18(13-15-7-3-2-4-8-15)22-25-16-9-5-6-10-17(16)26-22/h2-12,18H,13-14H2,1H3,(H,24,28)(H,25,26)/t18-/m0/s1. The Labute approximate surface area is 195 Å². The van der Waals surface area contributed by atoms with Crippen LogP contribution >= 0.6 is 22.9 Å². The Bertz CT molecular complexity index is 1300. The van der Waals surface area contributed by atoms with Crippen LogP contribution < -0.4 is 5.32 Å². The van der Waals surface area contributed by atoms with Gasteiger partial charge in [0.05, 0.1) is 28.0 Å². The van der Waals surface area contributed by atoms with Gasteiger partial charge in [-0.05, 0) is 36.2 Å². The molecule has 0 spiro atoms. The lowest BCUT2D eigenvalue weighted by molar-refractivity contribution is -0.121. The summed E-state index contributed by atoms with van der Waals surface area (Å²) in [5.74, 6) is 0.180. The van der Waals surface area contributed by atoms with Crippen molar-refractivity contribution in [2.75, 3.05) is 13.6 Å². The maximum absolute atomic E-state index is 12.8. The van der Waals surface area contributed by atoms with Crippen molar-refractivity contribution >= 4 is 49.9 Å². The number of H-pyrrole nitrogens is 1. The van der Waals surface area contributed by atoms with E-state index in [9.17, 15) is 13.2 Å². The summed E-state index contributed by atoms with van der Waals surface area (Å²) in [4.78, 5) is 20.7. The summed E-state index contributed by atoms with van der Waals surface area (Å²) in [6.45, 7) is -0.330. The molecule has 2 aromatic carbocycles. The Morgan fingerprint density at radius 2 is 1.84 bits per heavy atom. The van der Waals surface area contributed by atoms with Crippen LogP contribution in [0.5, 0.6) is 0 Å². The predicted octanol–water partition coefficient (Wildman–Crippen LogP) is 4.00. The van der Waals surface area contributed by atoms with Gasteiger partial charge in [0.1, 0.15) is 10.0 Å². The fraction of sp³-hybridized carbons (Fsp3) is 0.182. The molecule has 1 amide bonds. The summed E-state index contributed by atoms with van der Waals surface area (Å²) in [6, 6.07) is 19.8. The van der Waals surface area contributed by atoms with Gasteiger partial charge < -0.3 is 10.3 Å². The first-order valence-corrected chi connectivity index (χ1v) is 12.5. The van der Waals surface area contributed by atoms with Crippen molar-refractivity contribution in [3.8, 4) is 0 Å². The van der Waals surface area contributed by atoms with E-state index in [1.165, 1.54) is 19.2 Å². The number of thiophene rings is 1. The number of hydrogen-bond acceptors (Lipinski definition) is 5. The van der Waals surface area contributed by atoms with Crippen LogP contribution in [0.1, 0.15) is 17.4 Å². The van der Waals surface area contributed by atoms with Crippen LogP contribution in [0, 0.1) is 0 Å². The number of rotatable bonds is 8. The summed E-state index contributed by atoms with van der Waals surface area (Å²) in [5.41, 5.74) is 2.68. The number of nitrogens with one attached hydrogen (secondary N) is 2. The van der Waals surface area contributed by atoms with Crippen LogP contribution in [0.3, 0.4) is 0 Å². The van der Waals surface area contributed by atoms with Gasteiger partial charge in [0.15, 0.2) is 0 Å². The summed E-state index contributed by atoms with van der Waals surface area (Å²) < 4.78 is 26.9. The quantitative estimate of drug-likeness (QED) is 0.392. The number of fused-ring (bicyclic) bond motifs is 1. The van der Waals surface area contributed by atoms with E-state index in [2.05, 4.69) is 15.3 Å². The lowest BCUT2D eigenvalue weighted by atomic mass is 10.1. The van der Waals surface area contributed by atoms with Crippen LogP contribution in [-0.2, 0) is 21.2 Å². The third kappa shape index (κ3) is 5.02. The van der Waals surface area contributed by atoms with E-state index in [0.717, 1.165) is 32.2 Å². The smallest absolute Gasteiger partial charge is 0.252 e. The van der Waals surface area contributed by atoms with E-state index in [-0.39, 0.29) is 10.8 Å². The van der Waals surface area contributed by atoms with Crippen LogP contribution in [0.25, 0.3) is 11.0 Å². The fourth-order valence-electron chi connectivity index (χ4n) is 3.32. The highest BCUT2D eigenvalue weighted by Gasteiger charge is 2.26. The predicted molar refractivity (Wildman–Crippen MR) is 126 cm³/mol. The largest absolute Gasteiger partial charge is 0.345 e. The van der Waals surface area contributed by atoms with Gasteiger partial charge in [-0.1, -0.05) is 54.1 Å². The highest BCUT2D eigenvalue weighted by atomic mass is 35.5. The first-order chi connectivity index (χ1) is 15.3. The number of carbonyl (C=O) groups is 1. The molecule has 4 aromatic rings. The molecule has 10 heteroatoms. The number of benzene rings is 2. The molecule has 0 saturated carbocycles. The number of nitrogens with zero attached hydrogens (tertiary/aromatic N) is 2. The van der Waals surface area contributed by atoms with Gasteiger partial charge in [-0.25, -0.2) is 13.4 Å². The van der Waals surface area contributed by atoms with Crippen molar-refractivity contribution in [1.82, 2.24) is 19.6 Å². The number of likely N-dealkylation sites (N-methyl/N-ethyl adjacent to an activating group) is 1. The number of hydrogen-bond donors (Lipinski definition) is 2. The molecular weight excluding hydrogens is 468 g/mol. The summed E-state index contributed by atoms with van der Waals surface area (Å²) in [5, 5.41) is 2.94. The SMILES string of the molecule is CN(CC(=O)N[C@@H](Cc1ccccc1)c1nc2ccccc2[nH]1)S(=O)(=O)c1ccc(Cl)s1. The summed E-state index contributed by atoms with van der Waals surface area (Å²) in [7, 11) is -2.44. The number of imidazole rings is 1. The molecular formula is C22H21ClN4O3S2. The fourth-order valence-corrected chi connectivity index (χ4v) is 6.14. The molecule has 0 aliphatic heterocycles. The van der Waals surface area contributed by atoms with Crippen molar-refractivity contribution in [2.45, 2.75) is 16.7 Å². The molecule has 0 unspecified atom stereocenters. The number of sulfonamides is 1. The second kappa shape index (κ2) is 9.41. The van der Waals surface area contributed by atoms with Gasteiger partial charge in [-0.15, -0.1) is 11.3 Å². The monoisotopic (exact) mass is 488 g/mol. The second-order valence-electron chi connectivity index (χ2n) is 7.27. The van der Waals surface area contributed by atoms with E-state index in [0.29, 0.717) is 16.6 Å². The molecule has 0 saturated heterocycles. The normalized spacial score (nSPS) is 12.8. The zero-order valence-corrected chi connectivity index (χ0v) is 19.5. The van der Waals surface area contributed by atoms with Gasteiger partial charge >= 0.3 is 0 Å². The van der Waals surface area contributed by atoms with Crippen LogP contribution in [-0.4, -0.2) is 42.2 Å². The molecule has 0 bridgehead atoms. The van der Waals surface area contributed by atoms with Crippen molar-refractivity contribution in [3.05, 3.63) is 82.5 Å². The lowest BCUT2D eigenvalue weighted by Crippen LogP contribution is -2.40. The molecule has 4 rings (SSSR count). The number of amides is 1. The van der Waals surface area contributed by atoms with Crippen LogP contribution in [0.4, 0.5) is 0 Å². The van der Waals surface area contributed by atoms with Gasteiger partial charge in [-0.2, -0.15) is 4.31 Å². The van der Waals surface area contributed by atoms with Crippen molar-refractivity contribution in [1.29, 1.82) is 0 Å². The average molecular weight is 489 g/mol. The lowest BCUT2D eigenvalue weighted by Gasteiger charge is -2.20. The maximum atomic E-state index is 12.8. The third-order valence-corrected chi connectivity index (χ3v) is 8.44. The minimum Gasteiger partial charge on any atom is -0.345 e. The number of aromatic nitrogens is 2. The van der Waals surface area contributed by atoms with Crippen LogP contribution in [0.2, 0.25) is 4.34 Å².